The topological polar surface area (TPSA) is 55.2 Å². The van der Waals surface area contributed by atoms with E-state index in [4.69, 9.17) is 0 Å². The van der Waals surface area contributed by atoms with E-state index < -0.39 is 0 Å². The molecule has 2 heterocycles. The van der Waals surface area contributed by atoms with E-state index in [9.17, 15) is 9.59 Å². The number of benzene rings is 1. The molecule has 0 spiro atoms. The minimum atomic E-state index is -0.0677. The zero-order valence-corrected chi connectivity index (χ0v) is 14.1. The maximum atomic E-state index is 11.6. The number of imide groups is 1. The zero-order chi connectivity index (χ0) is 15.5. The maximum absolute atomic E-state index is 11.6. The summed E-state index contributed by atoms with van der Waals surface area (Å²) in [6.45, 7) is 0.440. The molecule has 22 heavy (non-hydrogen) atoms. The Morgan fingerprint density at radius 1 is 1.14 bits per heavy atom. The number of thioether (sulfide) groups is 1. The summed E-state index contributed by atoms with van der Waals surface area (Å²) in [4.78, 5) is 28.8. The Labute approximate surface area is 140 Å². The zero-order valence-electron chi connectivity index (χ0n) is 11.7. The quantitative estimate of drug-likeness (QED) is 0.591. The second-order valence-corrected chi connectivity index (χ2v) is 6.82. The van der Waals surface area contributed by atoms with Gasteiger partial charge in [-0.15, -0.1) is 0 Å². The third-order valence-corrected chi connectivity index (χ3v) is 4.89. The van der Waals surface area contributed by atoms with Crippen molar-refractivity contribution in [3.8, 4) is 5.69 Å². The molecule has 1 aliphatic rings. The second-order valence-electron chi connectivity index (χ2n) is 4.84. The summed E-state index contributed by atoms with van der Waals surface area (Å²) in [6.07, 6.45) is 4.34. The van der Waals surface area contributed by atoms with E-state index in [0.717, 1.165) is 15.3 Å². The van der Waals surface area contributed by atoms with E-state index in [1.807, 2.05) is 35.0 Å². The van der Waals surface area contributed by atoms with Crippen molar-refractivity contribution in [3.63, 3.8) is 0 Å². The molecule has 2 aromatic rings. The van der Waals surface area contributed by atoms with Crippen LogP contribution in [0.5, 0.6) is 0 Å². The number of hydrogen-bond donors (Lipinski definition) is 0. The lowest BCUT2D eigenvalue weighted by Gasteiger charge is -2.13. The number of aromatic nitrogens is 2. The fraction of sp³-hybridized carbons (Fsp3) is 0.267. The van der Waals surface area contributed by atoms with Gasteiger partial charge in [-0.3, -0.25) is 19.1 Å². The van der Waals surface area contributed by atoms with Crippen LogP contribution in [0.25, 0.3) is 5.69 Å². The number of halogens is 1. The molecule has 0 aliphatic carbocycles. The Hall–Kier alpha value is -1.60. The number of carbonyl (C=O) groups is 2. The summed E-state index contributed by atoms with van der Waals surface area (Å²) < 4.78 is 3.02. The number of amides is 2. The van der Waals surface area contributed by atoms with Gasteiger partial charge in [0.15, 0.2) is 5.16 Å². The molecule has 1 aliphatic heterocycles. The molecule has 3 rings (SSSR count). The Bertz CT molecular complexity index is 683. The van der Waals surface area contributed by atoms with E-state index in [1.165, 1.54) is 16.7 Å². The molecule has 114 valence electrons. The molecule has 0 saturated carbocycles. The fourth-order valence-electron chi connectivity index (χ4n) is 2.30. The third kappa shape index (κ3) is 3.25. The van der Waals surface area contributed by atoms with Gasteiger partial charge >= 0.3 is 0 Å². The van der Waals surface area contributed by atoms with Crippen molar-refractivity contribution in [2.45, 2.75) is 18.0 Å². The van der Waals surface area contributed by atoms with Crippen molar-refractivity contribution < 1.29 is 9.59 Å². The second kappa shape index (κ2) is 6.66. The molecule has 0 atom stereocenters. The number of imidazole rings is 1. The molecule has 2 amide bonds. The average Bonchev–Trinajstić information content (AvgIpc) is 3.09. The van der Waals surface area contributed by atoms with Crippen LogP contribution in [0.4, 0.5) is 0 Å². The van der Waals surface area contributed by atoms with Gasteiger partial charge in [0.1, 0.15) is 0 Å². The van der Waals surface area contributed by atoms with Gasteiger partial charge in [-0.1, -0.05) is 27.7 Å². The van der Waals surface area contributed by atoms with E-state index in [0.29, 0.717) is 25.1 Å². The largest absolute Gasteiger partial charge is 0.295 e. The lowest BCUT2D eigenvalue weighted by Crippen LogP contribution is -2.31. The molecule has 0 N–H and O–H groups in total. The van der Waals surface area contributed by atoms with Gasteiger partial charge in [0, 0.05) is 47.7 Å². The summed E-state index contributed by atoms with van der Waals surface area (Å²) in [5.74, 6) is 0.508. The highest BCUT2D eigenvalue weighted by Crippen LogP contribution is 2.22. The van der Waals surface area contributed by atoms with Crippen molar-refractivity contribution in [1.82, 2.24) is 14.5 Å². The lowest BCUT2D eigenvalue weighted by atomic mass is 10.3. The standard InChI is InChI=1S/C15H14BrN3O2S/c16-11-1-3-12(4-2-11)18-8-7-17-15(18)22-10-9-19-13(20)5-6-14(19)21/h1-4,7-8H,5-6,9-10H2. The van der Waals surface area contributed by atoms with Gasteiger partial charge in [-0.2, -0.15) is 0 Å². The van der Waals surface area contributed by atoms with Crippen LogP contribution in [-0.2, 0) is 9.59 Å². The van der Waals surface area contributed by atoms with Gasteiger partial charge in [-0.25, -0.2) is 4.98 Å². The molecule has 1 aromatic carbocycles. The van der Waals surface area contributed by atoms with Crippen molar-refractivity contribution in [3.05, 3.63) is 41.1 Å². The predicted molar refractivity (Wildman–Crippen MR) is 87.9 cm³/mol. The molecule has 0 unspecified atom stereocenters. The number of hydrogen-bond acceptors (Lipinski definition) is 4. The number of nitrogens with zero attached hydrogens (tertiary/aromatic N) is 3. The fourth-order valence-corrected chi connectivity index (χ4v) is 3.46. The van der Waals surface area contributed by atoms with Crippen molar-refractivity contribution in [2.75, 3.05) is 12.3 Å². The summed E-state index contributed by atoms with van der Waals surface area (Å²) in [5.41, 5.74) is 1.02. The van der Waals surface area contributed by atoms with Crippen molar-refractivity contribution in [2.24, 2.45) is 0 Å². The van der Waals surface area contributed by atoms with Crippen LogP contribution in [0.1, 0.15) is 12.8 Å². The van der Waals surface area contributed by atoms with E-state index >= 15 is 0 Å². The van der Waals surface area contributed by atoms with Crippen molar-refractivity contribution >= 4 is 39.5 Å². The first-order valence-corrected chi connectivity index (χ1v) is 8.68. The molecule has 0 radical (unpaired) electrons. The van der Waals surface area contributed by atoms with Crippen LogP contribution in [0, 0.1) is 0 Å². The minimum Gasteiger partial charge on any atom is -0.295 e. The Morgan fingerprint density at radius 2 is 1.82 bits per heavy atom. The maximum Gasteiger partial charge on any atom is 0.229 e. The van der Waals surface area contributed by atoms with E-state index in [1.54, 1.807) is 6.20 Å². The Balaban J connectivity index is 1.64. The van der Waals surface area contributed by atoms with Gasteiger partial charge < -0.3 is 0 Å². The number of rotatable bonds is 5. The summed E-state index contributed by atoms with van der Waals surface area (Å²) in [5, 5.41) is 0.849. The first-order valence-electron chi connectivity index (χ1n) is 6.90. The Morgan fingerprint density at radius 3 is 2.50 bits per heavy atom. The molecular formula is C15H14BrN3O2S. The monoisotopic (exact) mass is 379 g/mol. The molecule has 7 heteroatoms. The van der Waals surface area contributed by atoms with Gasteiger partial charge in [0.05, 0.1) is 0 Å². The van der Waals surface area contributed by atoms with Gasteiger partial charge in [-0.05, 0) is 24.3 Å². The SMILES string of the molecule is O=C1CCC(=O)N1CCSc1nccn1-c1ccc(Br)cc1. The summed E-state index contributed by atoms with van der Waals surface area (Å²) in [6, 6.07) is 7.96. The lowest BCUT2D eigenvalue weighted by molar-refractivity contribution is -0.137. The van der Waals surface area contributed by atoms with E-state index in [-0.39, 0.29) is 11.8 Å². The van der Waals surface area contributed by atoms with Gasteiger partial charge in [0.2, 0.25) is 11.8 Å². The smallest absolute Gasteiger partial charge is 0.229 e. The van der Waals surface area contributed by atoms with Crippen LogP contribution in [0.3, 0.4) is 0 Å². The van der Waals surface area contributed by atoms with Crippen molar-refractivity contribution in [1.29, 1.82) is 0 Å². The molecule has 5 nitrogen and oxygen atoms in total. The summed E-state index contributed by atoms with van der Waals surface area (Å²) in [7, 11) is 0. The number of likely N-dealkylation sites (tertiary alicyclic amines) is 1. The first kappa shape index (κ1) is 15.3. The average molecular weight is 380 g/mol. The highest BCUT2D eigenvalue weighted by atomic mass is 79.9. The molecule has 0 bridgehead atoms. The Kier molecular flexibility index (Phi) is 4.63. The summed E-state index contributed by atoms with van der Waals surface area (Å²) >= 11 is 4.96. The van der Waals surface area contributed by atoms with Crippen LogP contribution in [-0.4, -0.2) is 38.6 Å². The molecule has 1 saturated heterocycles. The minimum absolute atomic E-state index is 0.0677. The van der Waals surface area contributed by atoms with Crippen LogP contribution < -0.4 is 0 Å². The van der Waals surface area contributed by atoms with E-state index in [2.05, 4.69) is 20.9 Å². The number of carbonyl (C=O) groups excluding carboxylic acids is 2. The normalized spacial score (nSPS) is 14.9. The molecule has 1 fully saturated rings. The van der Waals surface area contributed by atoms with Crippen LogP contribution in [0.2, 0.25) is 0 Å². The highest BCUT2D eigenvalue weighted by molar-refractivity contribution is 9.10. The van der Waals surface area contributed by atoms with Gasteiger partial charge in [0.25, 0.3) is 0 Å². The third-order valence-electron chi connectivity index (χ3n) is 3.41. The highest BCUT2D eigenvalue weighted by Gasteiger charge is 2.28. The first-order chi connectivity index (χ1) is 10.6. The van der Waals surface area contributed by atoms with Crippen LogP contribution in [0.15, 0.2) is 46.3 Å². The predicted octanol–water partition coefficient (Wildman–Crippen LogP) is 2.88. The molecule has 1 aromatic heterocycles. The molecular weight excluding hydrogens is 366 g/mol. The van der Waals surface area contributed by atoms with Crippen LogP contribution >= 0.6 is 27.7 Å².